The van der Waals surface area contributed by atoms with Gasteiger partial charge in [0, 0.05) is 23.3 Å². The minimum atomic E-state index is -3.45. The van der Waals surface area contributed by atoms with Crippen LogP contribution in [0.4, 0.5) is 0 Å². The highest BCUT2D eigenvalue weighted by Gasteiger charge is 2.23. The van der Waals surface area contributed by atoms with Gasteiger partial charge in [-0.05, 0) is 19.1 Å². The lowest BCUT2D eigenvalue weighted by Crippen LogP contribution is -2.25. The minimum absolute atomic E-state index is 0.327. The second-order valence-electron chi connectivity index (χ2n) is 3.98. The van der Waals surface area contributed by atoms with Crippen LogP contribution >= 0.6 is 34.3 Å². The molecule has 0 saturated carbocycles. The third-order valence-corrected chi connectivity index (χ3v) is 7.37. The summed E-state index contributed by atoms with van der Waals surface area (Å²) in [6.45, 7) is 2.22. The Hall–Kier alpha value is -0.470. The molecule has 0 atom stereocenters. The van der Waals surface area contributed by atoms with Gasteiger partial charge >= 0.3 is 0 Å². The number of alkyl halides is 1. The van der Waals surface area contributed by atoms with Crippen molar-refractivity contribution < 1.29 is 8.42 Å². The number of aryl methyl sites for hydroxylation is 1. The normalized spacial score (nSPS) is 12.2. The number of thiazole rings is 1. The van der Waals surface area contributed by atoms with Crippen LogP contribution in [0.1, 0.15) is 15.4 Å². The van der Waals surface area contributed by atoms with Crippen molar-refractivity contribution in [3.63, 3.8) is 0 Å². The van der Waals surface area contributed by atoms with Gasteiger partial charge in [-0.3, -0.25) is 0 Å². The number of hydrogen-bond acceptors (Lipinski definition) is 5. The highest BCUT2D eigenvalue weighted by atomic mass is 35.5. The third-order valence-electron chi connectivity index (χ3n) is 2.64. The van der Waals surface area contributed by atoms with E-state index in [-0.39, 0.29) is 0 Å². The maximum atomic E-state index is 12.4. The van der Waals surface area contributed by atoms with Gasteiger partial charge in [-0.15, -0.1) is 34.3 Å². The molecule has 4 nitrogen and oxygen atoms in total. The molecule has 0 aliphatic carbocycles. The summed E-state index contributed by atoms with van der Waals surface area (Å²) >= 11 is 8.38. The van der Waals surface area contributed by atoms with E-state index in [0.717, 1.165) is 15.4 Å². The smallest absolute Gasteiger partial charge is 0.250 e. The number of rotatable bonds is 5. The molecule has 8 heteroatoms. The van der Waals surface area contributed by atoms with Gasteiger partial charge in [-0.2, -0.15) is 4.31 Å². The second-order valence-corrected chi connectivity index (χ2v) is 8.62. The predicted octanol–water partition coefficient (Wildman–Crippen LogP) is 3.07. The molecular formula is C11H13ClN2O2S3. The summed E-state index contributed by atoms with van der Waals surface area (Å²) in [6.07, 6.45) is 0. The summed E-state index contributed by atoms with van der Waals surface area (Å²) in [5.41, 5.74) is 2.60. The Labute approximate surface area is 125 Å². The maximum absolute atomic E-state index is 12.4. The summed E-state index contributed by atoms with van der Waals surface area (Å²) < 4.78 is 26.4. The quantitative estimate of drug-likeness (QED) is 0.788. The van der Waals surface area contributed by atoms with E-state index in [1.54, 1.807) is 24.7 Å². The molecule has 0 N–H and O–H groups in total. The van der Waals surface area contributed by atoms with Crippen LogP contribution in [-0.4, -0.2) is 24.8 Å². The number of halogens is 1. The van der Waals surface area contributed by atoms with Gasteiger partial charge in [0.1, 0.15) is 4.21 Å². The van der Waals surface area contributed by atoms with Gasteiger partial charge < -0.3 is 0 Å². The summed E-state index contributed by atoms with van der Waals surface area (Å²) in [5.74, 6) is 0.331. The van der Waals surface area contributed by atoms with Crippen LogP contribution < -0.4 is 0 Å². The number of nitrogens with zero attached hydrogens (tertiary/aromatic N) is 2. The van der Waals surface area contributed by atoms with Crippen molar-refractivity contribution in [3.8, 4) is 0 Å². The molecule has 2 aromatic rings. The molecule has 0 saturated heterocycles. The summed E-state index contributed by atoms with van der Waals surface area (Å²) in [4.78, 5) is 5.93. The molecule has 2 heterocycles. The Balaban J connectivity index is 2.22. The zero-order chi connectivity index (χ0) is 14.0. The van der Waals surface area contributed by atoms with Crippen LogP contribution in [-0.2, 0) is 22.4 Å². The van der Waals surface area contributed by atoms with E-state index in [0.29, 0.717) is 16.6 Å². The highest BCUT2D eigenvalue weighted by molar-refractivity contribution is 7.91. The van der Waals surface area contributed by atoms with Crippen molar-refractivity contribution in [3.05, 3.63) is 33.1 Å². The van der Waals surface area contributed by atoms with Crippen LogP contribution in [0.25, 0.3) is 0 Å². The Morgan fingerprint density at radius 2 is 2.16 bits per heavy atom. The van der Waals surface area contributed by atoms with E-state index < -0.39 is 10.0 Å². The van der Waals surface area contributed by atoms with Crippen LogP contribution in [0, 0.1) is 6.92 Å². The Kier molecular flexibility index (Phi) is 4.62. The number of hydrogen-bond donors (Lipinski definition) is 0. The lowest BCUT2D eigenvalue weighted by atomic mass is 10.4. The molecule has 0 spiro atoms. The molecule has 104 valence electrons. The largest absolute Gasteiger partial charge is 0.252 e. The number of thiophene rings is 1. The van der Waals surface area contributed by atoms with Gasteiger partial charge in [-0.25, -0.2) is 13.4 Å². The van der Waals surface area contributed by atoms with Gasteiger partial charge in [-0.1, -0.05) is 0 Å². The molecule has 0 aliphatic heterocycles. The van der Waals surface area contributed by atoms with Crippen LogP contribution in [0.3, 0.4) is 0 Å². The minimum Gasteiger partial charge on any atom is -0.250 e. The number of sulfonamides is 1. The first-order valence-electron chi connectivity index (χ1n) is 5.45. The first-order chi connectivity index (χ1) is 8.95. The molecule has 0 radical (unpaired) electrons. The Morgan fingerprint density at radius 1 is 1.42 bits per heavy atom. The van der Waals surface area contributed by atoms with E-state index in [1.807, 2.05) is 6.92 Å². The second kappa shape index (κ2) is 5.88. The predicted molar refractivity (Wildman–Crippen MR) is 79.4 cm³/mol. The molecule has 0 amide bonds. The average molecular weight is 337 g/mol. The zero-order valence-electron chi connectivity index (χ0n) is 10.5. The maximum Gasteiger partial charge on any atom is 0.252 e. The molecule has 0 fully saturated rings. The third kappa shape index (κ3) is 3.17. The SMILES string of the molecule is Cc1ncsc1CN(C)S(=O)(=O)c1ccc(CCl)s1. The van der Waals surface area contributed by atoms with Crippen molar-refractivity contribution in [2.24, 2.45) is 0 Å². The van der Waals surface area contributed by atoms with Crippen molar-refractivity contribution in [1.82, 2.24) is 9.29 Å². The fourth-order valence-electron chi connectivity index (χ4n) is 1.49. The molecule has 0 bridgehead atoms. The fraction of sp³-hybridized carbons (Fsp3) is 0.364. The van der Waals surface area contributed by atoms with E-state index in [2.05, 4.69) is 4.98 Å². The van der Waals surface area contributed by atoms with Crippen LogP contribution in [0.5, 0.6) is 0 Å². The Bertz CT molecular complexity index is 663. The van der Waals surface area contributed by atoms with Crippen molar-refractivity contribution in [2.75, 3.05) is 7.05 Å². The van der Waals surface area contributed by atoms with E-state index >= 15 is 0 Å². The van der Waals surface area contributed by atoms with E-state index in [1.165, 1.54) is 27.0 Å². The summed E-state index contributed by atoms with van der Waals surface area (Å²) in [6, 6.07) is 3.35. The Morgan fingerprint density at radius 3 is 2.68 bits per heavy atom. The lowest BCUT2D eigenvalue weighted by Gasteiger charge is -2.15. The standard InChI is InChI=1S/C11H13ClN2O2S3/c1-8-10(17-7-13-8)6-14(2)19(15,16)11-4-3-9(5-12)18-11/h3-4,7H,5-6H2,1-2H3. The van der Waals surface area contributed by atoms with Gasteiger partial charge in [0.15, 0.2) is 0 Å². The molecule has 0 unspecified atom stereocenters. The molecule has 2 rings (SSSR count). The zero-order valence-corrected chi connectivity index (χ0v) is 13.7. The molecule has 0 aliphatic rings. The van der Waals surface area contributed by atoms with Crippen LogP contribution in [0.2, 0.25) is 0 Å². The van der Waals surface area contributed by atoms with Crippen molar-refractivity contribution in [1.29, 1.82) is 0 Å². The number of aromatic nitrogens is 1. The molecule has 2 aromatic heterocycles. The van der Waals surface area contributed by atoms with Crippen molar-refractivity contribution >= 4 is 44.3 Å². The first kappa shape index (κ1) is 14.9. The van der Waals surface area contributed by atoms with Gasteiger partial charge in [0.2, 0.25) is 0 Å². The van der Waals surface area contributed by atoms with E-state index in [4.69, 9.17) is 11.6 Å². The monoisotopic (exact) mass is 336 g/mol. The average Bonchev–Trinajstić information content (AvgIpc) is 2.99. The molecular weight excluding hydrogens is 324 g/mol. The van der Waals surface area contributed by atoms with E-state index in [9.17, 15) is 8.42 Å². The lowest BCUT2D eigenvalue weighted by molar-refractivity contribution is 0.470. The summed E-state index contributed by atoms with van der Waals surface area (Å²) in [5, 5.41) is 0. The summed E-state index contributed by atoms with van der Waals surface area (Å²) in [7, 11) is -1.87. The van der Waals surface area contributed by atoms with Crippen molar-refractivity contribution in [2.45, 2.75) is 23.6 Å². The fourth-order valence-corrected chi connectivity index (χ4v) is 5.21. The van der Waals surface area contributed by atoms with Gasteiger partial charge in [0.05, 0.1) is 17.1 Å². The highest BCUT2D eigenvalue weighted by Crippen LogP contribution is 2.27. The van der Waals surface area contributed by atoms with Crippen LogP contribution in [0.15, 0.2) is 21.9 Å². The topological polar surface area (TPSA) is 50.3 Å². The van der Waals surface area contributed by atoms with Gasteiger partial charge in [0.25, 0.3) is 10.0 Å². The molecule has 19 heavy (non-hydrogen) atoms. The molecule has 0 aromatic carbocycles. The first-order valence-corrected chi connectivity index (χ1v) is 9.12.